The van der Waals surface area contributed by atoms with Gasteiger partial charge in [-0.05, 0) is 48.4 Å². The quantitative estimate of drug-likeness (QED) is 0.924. The predicted octanol–water partition coefficient (Wildman–Crippen LogP) is 2.71. The summed E-state index contributed by atoms with van der Waals surface area (Å²) in [5.41, 5.74) is 7.46. The molecule has 2 aromatic rings. The van der Waals surface area contributed by atoms with Gasteiger partial charge in [-0.3, -0.25) is 0 Å². The number of hydrogen-bond acceptors (Lipinski definition) is 3. The Morgan fingerprint density at radius 1 is 1.10 bits per heavy atom. The van der Waals surface area contributed by atoms with E-state index in [4.69, 9.17) is 5.73 Å². The minimum Gasteiger partial charge on any atom is -0.330 e. The first-order valence-corrected chi connectivity index (χ1v) is 8.56. The topological polar surface area (TPSA) is 60.2 Å². The van der Waals surface area contributed by atoms with Crippen LogP contribution in [0.15, 0.2) is 53.4 Å². The second kappa shape index (κ2) is 6.37. The molecule has 0 radical (unpaired) electrons. The van der Waals surface area contributed by atoms with Crippen LogP contribution < -0.4 is 5.73 Å². The summed E-state index contributed by atoms with van der Waals surface area (Å²) in [6, 6.07) is 13.1. The first-order chi connectivity index (χ1) is 9.91. The van der Waals surface area contributed by atoms with Crippen molar-refractivity contribution in [3.8, 4) is 0 Å². The smallest absolute Gasteiger partial charge is 0.175 e. The Bertz CT molecular complexity index is 711. The van der Waals surface area contributed by atoms with Crippen LogP contribution in [-0.2, 0) is 9.84 Å². The van der Waals surface area contributed by atoms with Crippen LogP contribution in [-0.4, -0.2) is 21.2 Å². The van der Waals surface area contributed by atoms with Crippen LogP contribution in [0.5, 0.6) is 0 Å². The van der Waals surface area contributed by atoms with Gasteiger partial charge in [0.2, 0.25) is 0 Å². The van der Waals surface area contributed by atoms with Crippen molar-refractivity contribution in [1.82, 2.24) is 0 Å². The summed E-state index contributed by atoms with van der Waals surface area (Å²) in [5, 5.41) is 0. The Labute approximate surface area is 124 Å². The molecule has 0 aliphatic rings. The van der Waals surface area contributed by atoms with E-state index in [1.54, 1.807) is 30.3 Å². The third-order valence-electron chi connectivity index (χ3n) is 3.42. The van der Waals surface area contributed by atoms with Crippen LogP contribution >= 0.6 is 0 Å². The molecular weight excluding hydrogens is 289 g/mol. The average Bonchev–Trinajstić information content (AvgIpc) is 2.45. The Morgan fingerprint density at radius 2 is 1.76 bits per heavy atom. The van der Waals surface area contributed by atoms with Crippen molar-refractivity contribution in [2.45, 2.75) is 17.2 Å². The van der Waals surface area contributed by atoms with Crippen molar-refractivity contribution < 1.29 is 12.8 Å². The zero-order valence-corrected chi connectivity index (χ0v) is 12.6. The molecule has 3 nitrogen and oxygen atoms in total. The molecule has 0 saturated carbocycles. The number of halogens is 1. The highest BCUT2D eigenvalue weighted by Crippen LogP contribution is 2.29. The maximum atomic E-state index is 13.1. The molecule has 21 heavy (non-hydrogen) atoms. The van der Waals surface area contributed by atoms with Gasteiger partial charge in [-0.1, -0.05) is 24.3 Å². The Morgan fingerprint density at radius 3 is 2.33 bits per heavy atom. The highest BCUT2D eigenvalue weighted by Gasteiger charge is 2.16. The third kappa shape index (κ3) is 3.89. The van der Waals surface area contributed by atoms with Gasteiger partial charge in [-0.2, -0.15) is 0 Å². The molecule has 112 valence electrons. The third-order valence-corrected chi connectivity index (χ3v) is 4.53. The zero-order chi connectivity index (χ0) is 15.5. The molecule has 0 amide bonds. The fourth-order valence-corrected chi connectivity index (χ4v) is 3.03. The standard InChI is InChI=1S/C16H18FNO2S/c1-21(19,20)15-4-2-3-13(11-15)16(9-10-18)12-5-7-14(17)8-6-12/h2-8,11,16H,9-10,18H2,1H3. The molecule has 0 spiro atoms. The van der Waals surface area contributed by atoms with Crippen LogP contribution in [0, 0.1) is 5.82 Å². The van der Waals surface area contributed by atoms with Gasteiger partial charge in [0.05, 0.1) is 4.90 Å². The molecule has 2 N–H and O–H groups in total. The van der Waals surface area contributed by atoms with E-state index < -0.39 is 9.84 Å². The molecule has 2 aromatic carbocycles. The largest absolute Gasteiger partial charge is 0.330 e. The van der Waals surface area contributed by atoms with Crippen LogP contribution in [0.4, 0.5) is 4.39 Å². The van der Waals surface area contributed by atoms with E-state index in [-0.39, 0.29) is 16.6 Å². The molecular formula is C16H18FNO2S. The maximum absolute atomic E-state index is 13.1. The first-order valence-electron chi connectivity index (χ1n) is 6.67. The summed E-state index contributed by atoms with van der Waals surface area (Å²) in [6.45, 7) is 0.463. The van der Waals surface area contributed by atoms with Gasteiger partial charge < -0.3 is 5.73 Å². The molecule has 0 heterocycles. The molecule has 1 atom stereocenters. The Balaban J connectivity index is 2.45. The number of benzene rings is 2. The van der Waals surface area contributed by atoms with Crippen molar-refractivity contribution in [1.29, 1.82) is 0 Å². The number of hydrogen-bond donors (Lipinski definition) is 1. The highest BCUT2D eigenvalue weighted by molar-refractivity contribution is 7.90. The number of rotatable bonds is 5. The van der Waals surface area contributed by atoms with E-state index in [2.05, 4.69) is 0 Å². The average molecular weight is 307 g/mol. The lowest BCUT2D eigenvalue weighted by Crippen LogP contribution is -2.10. The lowest BCUT2D eigenvalue weighted by Gasteiger charge is -2.18. The van der Waals surface area contributed by atoms with Crippen molar-refractivity contribution in [3.63, 3.8) is 0 Å². The maximum Gasteiger partial charge on any atom is 0.175 e. The summed E-state index contributed by atoms with van der Waals surface area (Å²) in [4.78, 5) is 0.282. The second-order valence-corrected chi connectivity index (χ2v) is 7.04. The molecule has 1 unspecified atom stereocenters. The van der Waals surface area contributed by atoms with Gasteiger partial charge >= 0.3 is 0 Å². The SMILES string of the molecule is CS(=O)(=O)c1cccc(C(CCN)c2ccc(F)cc2)c1. The summed E-state index contributed by atoms with van der Waals surface area (Å²) in [6.07, 6.45) is 1.85. The molecule has 2 rings (SSSR count). The highest BCUT2D eigenvalue weighted by atomic mass is 32.2. The van der Waals surface area contributed by atoms with Gasteiger partial charge in [-0.15, -0.1) is 0 Å². The molecule has 0 fully saturated rings. The van der Waals surface area contributed by atoms with Gasteiger partial charge in [0.15, 0.2) is 9.84 Å². The summed E-state index contributed by atoms with van der Waals surface area (Å²) in [5.74, 6) is -0.340. The zero-order valence-electron chi connectivity index (χ0n) is 11.8. The lowest BCUT2D eigenvalue weighted by molar-refractivity contribution is 0.601. The molecule has 5 heteroatoms. The predicted molar refractivity (Wildman–Crippen MR) is 81.5 cm³/mol. The summed E-state index contributed by atoms with van der Waals surface area (Å²) >= 11 is 0. The molecule has 0 aliphatic carbocycles. The second-order valence-electron chi connectivity index (χ2n) is 5.03. The van der Waals surface area contributed by atoms with E-state index in [9.17, 15) is 12.8 Å². The molecule has 0 aliphatic heterocycles. The fraction of sp³-hybridized carbons (Fsp3) is 0.250. The van der Waals surface area contributed by atoms with Crippen LogP contribution in [0.2, 0.25) is 0 Å². The van der Waals surface area contributed by atoms with Gasteiger partial charge in [-0.25, -0.2) is 12.8 Å². The summed E-state index contributed by atoms with van der Waals surface area (Å²) in [7, 11) is -3.25. The van der Waals surface area contributed by atoms with Gasteiger partial charge in [0.1, 0.15) is 5.82 Å². The fourth-order valence-electron chi connectivity index (χ4n) is 2.35. The minimum atomic E-state index is -3.25. The van der Waals surface area contributed by atoms with E-state index >= 15 is 0 Å². The van der Waals surface area contributed by atoms with Gasteiger partial charge in [0, 0.05) is 12.2 Å². The van der Waals surface area contributed by atoms with Crippen LogP contribution in [0.3, 0.4) is 0 Å². The minimum absolute atomic E-state index is 0.0442. The monoisotopic (exact) mass is 307 g/mol. The van der Waals surface area contributed by atoms with E-state index in [1.165, 1.54) is 18.4 Å². The Kier molecular flexibility index (Phi) is 4.75. The van der Waals surface area contributed by atoms with Crippen molar-refractivity contribution in [2.75, 3.05) is 12.8 Å². The lowest BCUT2D eigenvalue weighted by atomic mass is 9.88. The Hall–Kier alpha value is -1.72. The first kappa shape index (κ1) is 15.7. The van der Waals surface area contributed by atoms with Crippen LogP contribution in [0.25, 0.3) is 0 Å². The van der Waals surface area contributed by atoms with E-state index in [0.29, 0.717) is 13.0 Å². The van der Waals surface area contributed by atoms with E-state index in [1.807, 2.05) is 6.07 Å². The van der Waals surface area contributed by atoms with Gasteiger partial charge in [0.25, 0.3) is 0 Å². The van der Waals surface area contributed by atoms with Crippen molar-refractivity contribution in [2.24, 2.45) is 5.73 Å². The van der Waals surface area contributed by atoms with Crippen molar-refractivity contribution in [3.05, 3.63) is 65.5 Å². The molecule has 0 bridgehead atoms. The normalized spacial score (nSPS) is 13.1. The molecule has 0 aromatic heterocycles. The number of nitrogens with two attached hydrogens (primary N) is 1. The molecule has 0 saturated heterocycles. The summed E-state index contributed by atoms with van der Waals surface area (Å²) < 4.78 is 36.4. The van der Waals surface area contributed by atoms with Crippen molar-refractivity contribution >= 4 is 9.84 Å². The van der Waals surface area contributed by atoms with E-state index in [0.717, 1.165) is 11.1 Å². The van der Waals surface area contributed by atoms with Crippen LogP contribution in [0.1, 0.15) is 23.5 Å². The number of sulfone groups is 1.